The molecule has 1 saturated heterocycles. The number of amides is 1. The average molecular weight is 265 g/mol. The number of ether oxygens (including phenoxy) is 1. The van der Waals surface area contributed by atoms with Crippen molar-refractivity contribution >= 4 is 5.91 Å². The van der Waals surface area contributed by atoms with Crippen LogP contribution in [0, 0.1) is 6.92 Å². The van der Waals surface area contributed by atoms with Crippen LogP contribution in [0.5, 0.6) is 5.75 Å². The number of rotatable bonds is 3. The lowest BCUT2D eigenvalue weighted by Crippen LogP contribution is -2.46. The van der Waals surface area contributed by atoms with Gasteiger partial charge in [0.25, 0.3) is 5.91 Å². The molecule has 0 atom stereocenters. The summed E-state index contributed by atoms with van der Waals surface area (Å²) in [5.74, 6) is -0.189. The SMILES string of the molecule is Cc1c(O)cccc1C(=O)NCC1(O)CCOCC1. The monoisotopic (exact) mass is 265 g/mol. The molecule has 1 aromatic carbocycles. The van der Waals surface area contributed by atoms with Gasteiger partial charge >= 0.3 is 0 Å². The Hall–Kier alpha value is -1.59. The molecule has 0 radical (unpaired) electrons. The third-order valence-corrected chi connectivity index (χ3v) is 3.55. The first-order valence-electron chi connectivity index (χ1n) is 6.39. The predicted molar refractivity (Wildman–Crippen MR) is 70.2 cm³/mol. The predicted octanol–water partition coefficient (Wildman–Crippen LogP) is 0.972. The molecule has 0 bridgehead atoms. The van der Waals surface area contributed by atoms with Crippen LogP contribution in [0.3, 0.4) is 0 Å². The number of phenolic OH excluding ortho intramolecular Hbond substituents is 1. The summed E-state index contributed by atoms with van der Waals surface area (Å²) in [6, 6.07) is 4.82. The van der Waals surface area contributed by atoms with E-state index in [0.717, 1.165) is 0 Å². The van der Waals surface area contributed by atoms with Crippen LogP contribution in [0.1, 0.15) is 28.8 Å². The summed E-state index contributed by atoms with van der Waals surface area (Å²) in [5, 5.41) is 22.5. The molecule has 0 saturated carbocycles. The second-order valence-electron chi connectivity index (χ2n) is 4.97. The summed E-state index contributed by atoms with van der Waals surface area (Å²) in [5.41, 5.74) is 0.0770. The lowest BCUT2D eigenvalue weighted by Gasteiger charge is -2.32. The lowest BCUT2D eigenvalue weighted by molar-refractivity contribution is -0.0605. The third kappa shape index (κ3) is 3.24. The fourth-order valence-corrected chi connectivity index (χ4v) is 2.14. The second kappa shape index (κ2) is 5.59. The first kappa shape index (κ1) is 13.8. The molecule has 104 valence electrons. The Labute approximate surface area is 112 Å². The normalized spacial score (nSPS) is 18.0. The number of nitrogens with one attached hydrogen (secondary N) is 1. The molecule has 0 aromatic heterocycles. The Balaban J connectivity index is 1.99. The van der Waals surface area contributed by atoms with Gasteiger partial charge in [0, 0.05) is 43.7 Å². The molecular weight excluding hydrogens is 246 g/mol. The zero-order valence-corrected chi connectivity index (χ0v) is 11.0. The van der Waals surface area contributed by atoms with Gasteiger partial charge in [-0.2, -0.15) is 0 Å². The van der Waals surface area contributed by atoms with Crippen LogP contribution in [-0.2, 0) is 4.74 Å². The number of carbonyl (C=O) groups is 1. The number of aliphatic hydroxyl groups is 1. The Bertz CT molecular complexity index is 467. The molecule has 1 aromatic rings. The van der Waals surface area contributed by atoms with E-state index in [1.807, 2.05) is 0 Å². The molecule has 3 N–H and O–H groups in total. The Morgan fingerprint density at radius 2 is 2.11 bits per heavy atom. The van der Waals surface area contributed by atoms with Crippen LogP contribution in [-0.4, -0.2) is 41.5 Å². The molecule has 1 amide bonds. The molecule has 1 fully saturated rings. The molecular formula is C14H19NO4. The summed E-state index contributed by atoms with van der Waals surface area (Å²) in [4.78, 5) is 12.0. The van der Waals surface area contributed by atoms with Gasteiger partial charge in [0.05, 0.1) is 5.60 Å². The van der Waals surface area contributed by atoms with Gasteiger partial charge < -0.3 is 20.3 Å². The smallest absolute Gasteiger partial charge is 0.251 e. The maximum absolute atomic E-state index is 12.0. The number of hydrogen-bond donors (Lipinski definition) is 3. The zero-order valence-electron chi connectivity index (χ0n) is 11.0. The van der Waals surface area contributed by atoms with Crippen molar-refractivity contribution in [1.29, 1.82) is 0 Å². The minimum Gasteiger partial charge on any atom is -0.508 e. The fraction of sp³-hybridized carbons (Fsp3) is 0.500. The molecule has 0 aliphatic carbocycles. The molecule has 0 unspecified atom stereocenters. The molecule has 5 nitrogen and oxygen atoms in total. The Morgan fingerprint density at radius 1 is 1.42 bits per heavy atom. The van der Waals surface area contributed by atoms with Crippen LogP contribution < -0.4 is 5.32 Å². The maximum Gasteiger partial charge on any atom is 0.251 e. The van der Waals surface area contributed by atoms with Gasteiger partial charge in [-0.05, 0) is 19.1 Å². The number of phenols is 1. The highest BCUT2D eigenvalue weighted by Crippen LogP contribution is 2.21. The first-order chi connectivity index (χ1) is 9.02. The molecule has 19 heavy (non-hydrogen) atoms. The minimum atomic E-state index is -0.890. The molecule has 0 spiro atoms. The molecule has 1 aliphatic rings. The van der Waals surface area contributed by atoms with Gasteiger partial charge in [-0.3, -0.25) is 4.79 Å². The van der Waals surface area contributed by atoms with Crippen molar-refractivity contribution in [2.75, 3.05) is 19.8 Å². The second-order valence-corrected chi connectivity index (χ2v) is 4.97. The first-order valence-corrected chi connectivity index (χ1v) is 6.39. The molecule has 2 rings (SSSR count). The number of hydrogen-bond acceptors (Lipinski definition) is 4. The lowest BCUT2D eigenvalue weighted by atomic mass is 9.94. The van der Waals surface area contributed by atoms with Crippen molar-refractivity contribution in [2.24, 2.45) is 0 Å². The van der Waals surface area contributed by atoms with Gasteiger partial charge in [0.2, 0.25) is 0 Å². The van der Waals surface area contributed by atoms with Gasteiger partial charge in [0.1, 0.15) is 5.75 Å². The van der Waals surface area contributed by atoms with E-state index in [0.29, 0.717) is 37.2 Å². The summed E-state index contributed by atoms with van der Waals surface area (Å²) < 4.78 is 5.19. The minimum absolute atomic E-state index is 0.0948. The topological polar surface area (TPSA) is 78.8 Å². The van der Waals surface area contributed by atoms with Crippen molar-refractivity contribution in [3.63, 3.8) is 0 Å². The highest BCUT2D eigenvalue weighted by atomic mass is 16.5. The summed E-state index contributed by atoms with van der Waals surface area (Å²) in [7, 11) is 0. The third-order valence-electron chi connectivity index (χ3n) is 3.55. The molecule has 1 aliphatic heterocycles. The van der Waals surface area contributed by atoms with E-state index in [9.17, 15) is 15.0 Å². The van der Waals surface area contributed by atoms with Crippen LogP contribution in [0.2, 0.25) is 0 Å². The zero-order chi connectivity index (χ0) is 13.9. The summed E-state index contributed by atoms with van der Waals surface area (Å²) in [6.45, 7) is 2.91. The number of benzene rings is 1. The number of aromatic hydroxyl groups is 1. The van der Waals surface area contributed by atoms with Gasteiger partial charge in [-0.1, -0.05) is 6.07 Å². The highest BCUT2D eigenvalue weighted by Gasteiger charge is 2.30. The van der Waals surface area contributed by atoms with E-state index in [1.54, 1.807) is 19.1 Å². The standard InChI is InChI=1S/C14H19NO4/c1-10-11(3-2-4-12(10)16)13(17)15-9-14(18)5-7-19-8-6-14/h2-4,16,18H,5-9H2,1H3,(H,15,17). The Morgan fingerprint density at radius 3 is 2.79 bits per heavy atom. The van der Waals surface area contributed by atoms with Crippen molar-refractivity contribution in [3.8, 4) is 5.75 Å². The van der Waals surface area contributed by atoms with Gasteiger partial charge in [-0.15, -0.1) is 0 Å². The molecule has 5 heteroatoms. The van der Waals surface area contributed by atoms with E-state index < -0.39 is 5.60 Å². The maximum atomic E-state index is 12.0. The van der Waals surface area contributed by atoms with Crippen LogP contribution in [0.15, 0.2) is 18.2 Å². The average Bonchev–Trinajstić information content (AvgIpc) is 2.40. The van der Waals surface area contributed by atoms with Gasteiger partial charge in [0.15, 0.2) is 0 Å². The van der Waals surface area contributed by atoms with Crippen molar-refractivity contribution in [2.45, 2.75) is 25.4 Å². The van der Waals surface area contributed by atoms with E-state index in [1.165, 1.54) is 6.07 Å². The van der Waals surface area contributed by atoms with E-state index in [4.69, 9.17) is 4.74 Å². The van der Waals surface area contributed by atoms with Crippen LogP contribution in [0.4, 0.5) is 0 Å². The van der Waals surface area contributed by atoms with Crippen LogP contribution in [0.25, 0.3) is 0 Å². The van der Waals surface area contributed by atoms with E-state index in [2.05, 4.69) is 5.32 Å². The van der Waals surface area contributed by atoms with Gasteiger partial charge in [-0.25, -0.2) is 0 Å². The van der Waals surface area contributed by atoms with E-state index in [-0.39, 0.29) is 18.2 Å². The largest absolute Gasteiger partial charge is 0.508 e. The van der Waals surface area contributed by atoms with Crippen LogP contribution >= 0.6 is 0 Å². The van der Waals surface area contributed by atoms with Crippen molar-refractivity contribution in [1.82, 2.24) is 5.32 Å². The summed E-state index contributed by atoms with van der Waals surface area (Å²) in [6.07, 6.45) is 1.04. The quantitative estimate of drug-likeness (QED) is 0.761. The van der Waals surface area contributed by atoms with E-state index >= 15 is 0 Å². The number of carbonyl (C=O) groups excluding carboxylic acids is 1. The highest BCUT2D eigenvalue weighted by molar-refractivity contribution is 5.96. The van der Waals surface area contributed by atoms with Crippen molar-refractivity contribution in [3.05, 3.63) is 29.3 Å². The van der Waals surface area contributed by atoms with Crippen molar-refractivity contribution < 1.29 is 19.7 Å². The molecule has 1 heterocycles. The fourth-order valence-electron chi connectivity index (χ4n) is 2.14. The summed E-state index contributed by atoms with van der Waals surface area (Å²) >= 11 is 0. The Kier molecular flexibility index (Phi) is 4.07.